The zero-order valence-corrected chi connectivity index (χ0v) is 192. The molecule has 0 bridgehead atoms. The maximum absolute atomic E-state index is 5.22. The van der Waals surface area contributed by atoms with Crippen LogP contribution in [0.1, 0.15) is 0 Å². The molecule has 0 aromatic rings. The van der Waals surface area contributed by atoms with Crippen molar-refractivity contribution in [2.75, 3.05) is 0 Å². The van der Waals surface area contributed by atoms with Gasteiger partial charge < -0.3 is 0 Å². The third-order valence-corrected chi connectivity index (χ3v) is 903. The molecule has 2 radical (unpaired) electrons. The second-order valence-electron chi connectivity index (χ2n) is 19.9. The first-order chi connectivity index (χ1) is 56.9. The normalized spacial score (nSPS) is 15.7. The van der Waals surface area contributed by atoms with Gasteiger partial charge >= 0.3 is 0 Å². The van der Waals surface area contributed by atoms with E-state index in [4.69, 9.17) is 17.9 Å². The summed E-state index contributed by atoms with van der Waals surface area (Å²) in [4.78, 5) is 0. The van der Waals surface area contributed by atoms with Crippen molar-refractivity contribution in [1.82, 2.24) is 0 Å². The summed E-state index contributed by atoms with van der Waals surface area (Å²) in [6.07, 6.45) is 0. The van der Waals surface area contributed by atoms with E-state index in [9.17, 15) is 0 Å². The van der Waals surface area contributed by atoms with Gasteiger partial charge in [0.25, 0.3) is 0 Å². The van der Waals surface area contributed by atoms with Gasteiger partial charge in [0.05, 0.1) is 0 Å². The van der Waals surface area contributed by atoms with Crippen molar-refractivity contribution >= 4 is 997 Å². The van der Waals surface area contributed by atoms with Crippen molar-refractivity contribution in [2.45, 2.75) is 0 Å². The summed E-state index contributed by atoms with van der Waals surface area (Å²) in [5.41, 5.74) is 0. The quantitative estimate of drug-likeness (QED) is 0.0533. The summed E-state index contributed by atoms with van der Waals surface area (Å²) in [7, 11) is 251. The highest BCUT2D eigenvalue weighted by atomic mass is 33.7. The van der Waals surface area contributed by atoms with Crippen LogP contribution in [0.5, 0.6) is 0 Å². The summed E-state index contributed by atoms with van der Waals surface area (Å²) >= 11 is 0. The highest BCUT2D eigenvalue weighted by Crippen LogP contribution is 3.57. The highest BCUT2D eigenvalue weighted by molar-refractivity contribution is 9.63. The van der Waals surface area contributed by atoms with Gasteiger partial charge in [-0.3, -0.25) is 0 Å². The standard InChI is InChI=1S/H125P125/c1-64-96(65(2)3)112(97(66(4)5)67(6)7)120(113(98(68(8)9)69(10)11)99(70(12)13)71(14)15)124(121(114(100(72(16)17)73(18)19)101(74(20)21)75(22)23)115(102(76(24)25)77(26)27)103(78(28)29)79(30)31)125(122(116(104(80(32)33)81(34)35)105(82(36)37)83(38)39)117(106(84(40)41)85(42)43)107(86(44)45)87(46)47)123(118(108(88(48)49)89(50)51)109(90(52)53)91(54)55)119(110(92(56)57)93(58)59)111(94(60)61)95(62)63/h1-2,64H,3-63H2. The summed E-state index contributed by atoms with van der Waals surface area (Å²) in [5, 5.41) is 0. The van der Waals surface area contributed by atoms with E-state index in [2.05, 4.69) is 545 Å². The first-order valence-electron chi connectivity index (χ1n) is 28.4. The first-order valence-corrected chi connectivity index (χ1v) is 256. The van der Waals surface area contributed by atoms with Crippen LogP contribution in [0.3, 0.4) is 0 Å². The Bertz CT molecular complexity index is 2220. The Kier molecular flexibility index (Phi) is 140. The summed E-state index contributed by atoms with van der Waals surface area (Å²) in [5.74, 6) is 0. The Balaban J connectivity index is 17.1. The van der Waals surface area contributed by atoms with Crippen LogP contribution in [0.15, 0.2) is 0 Å². The van der Waals surface area contributed by atoms with Crippen molar-refractivity contribution in [3.05, 3.63) is 0 Å². The third-order valence-electron chi connectivity index (χ3n) is 11.2. The fourth-order valence-corrected chi connectivity index (χ4v) is 1890. The molecule has 0 spiro atoms. The van der Waals surface area contributed by atoms with Crippen molar-refractivity contribution in [3.63, 3.8) is 0 Å². The van der Waals surface area contributed by atoms with Crippen molar-refractivity contribution < 1.29 is 0 Å². The molecule has 125 heavy (non-hydrogen) atoms. The Morgan fingerprint density at radius 2 is 0.152 bits per heavy atom. The van der Waals surface area contributed by atoms with Gasteiger partial charge in [0.15, 0.2) is 0 Å². The van der Waals surface area contributed by atoms with Crippen LogP contribution in [0, 0.1) is 0 Å². The molecule has 125 heteroatoms. The van der Waals surface area contributed by atoms with Gasteiger partial charge in [0.1, 0.15) is 0 Å². The van der Waals surface area contributed by atoms with Crippen molar-refractivity contribution in [2.24, 2.45) is 0 Å². The predicted molar refractivity (Wildman–Crippen MR) is 1040 cm³/mol. The van der Waals surface area contributed by atoms with E-state index in [-0.39, 0.29) is 0 Å². The van der Waals surface area contributed by atoms with Gasteiger partial charge in [-0.05, 0) is 426 Å². The fourth-order valence-electron chi connectivity index (χ4n) is 7.76. The minimum Gasteiger partial charge on any atom is -0.102 e. The van der Waals surface area contributed by atoms with Crippen LogP contribution in [-0.4, -0.2) is 0 Å². The van der Waals surface area contributed by atoms with Gasteiger partial charge in [0.2, 0.25) is 0 Å². The van der Waals surface area contributed by atoms with Gasteiger partial charge in [-0.25, -0.2) is 0 Å². The third kappa shape index (κ3) is 62.8. The second kappa shape index (κ2) is 98.2. The van der Waals surface area contributed by atoms with Crippen molar-refractivity contribution in [3.8, 4) is 0 Å². The Morgan fingerprint density at radius 1 is 0.0960 bits per heavy atom. The summed E-state index contributed by atoms with van der Waals surface area (Å²) < 4.78 is 0. The number of rotatable bonds is 61. The monoisotopic (exact) mass is 4000 g/mol. The molecule has 0 N–H and O–H groups in total. The van der Waals surface area contributed by atoms with Gasteiger partial charge in [-0.1, -0.05) is 25.8 Å². The molecule has 750 valence electrons. The number of hydrogen-bond acceptors (Lipinski definition) is 0. The lowest BCUT2D eigenvalue weighted by molar-refractivity contribution is 4.27. The molecule has 0 aliphatic carbocycles. The molecule has 0 aliphatic heterocycles. The Hall–Kier alpha value is 53.7. The molecule has 0 aliphatic rings. The molecule has 0 saturated carbocycles. The highest BCUT2D eigenvalue weighted by Gasteiger charge is 2.70. The largest absolute Gasteiger partial charge is 0.102 e. The average Bonchev–Trinajstić information content (AvgIpc) is 0.699. The number of hydrogen-bond donors (Lipinski definition) is 0. The zero-order valence-electron chi connectivity index (χ0n) is 64.0. The summed E-state index contributed by atoms with van der Waals surface area (Å²) in [6, 6.07) is 0. The minimum atomic E-state index is -0.870. The fraction of sp³-hybridized carbons (Fsp3) is 0. The molecular formula is H125P125. The maximum Gasteiger partial charge on any atom is -0.000000163 e. The SMILES string of the molecule is [PH]PP(P([PH])P)P(P(P(P)P)P(P)P)P(P(P(P(P)P)P(P)P)P(P(P)P)P(P)P)P(P(P(P(P(P)P)P(P)P)P(P(P)P)P(P)P)P(P(P(P)P)P(P)P)P(P(P)P)P(P)P)P(P(P(P(P(P)P)P(P)P)P(P(P)P)P(P)P)P(P(P(P)P)P(P)P)P(P(P)P)P(P)P)P(P(P(P(P)P)P(P)P)P(P(P)P)P(P)P)P(P(P(P)P)P(P)P)P(P(P)P)P(P)P. The van der Waals surface area contributed by atoms with Crippen LogP contribution >= 0.6 is 997 Å². The van der Waals surface area contributed by atoms with Crippen LogP contribution in [0.25, 0.3) is 0 Å². The minimum absolute atomic E-state index is 0.545. The van der Waals surface area contributed by atoms with Crippen LogP contribution < -0.4 is 0 Å². The van der Waals surface area contributed by atoms with Crippen LogP contribution in [0.4, 0.5) is 0 Å². The van der Waals surface area contributed by atoms with E-state index in [1.807, 2.05) is 0 Å². The molecule has 67 unspecified atom stereocenters. The van der Waals surface area contributed by atoms with Crippen LogP contribution in [0.2, 0.25) is 0 Å². The zero-order chi connectivity index (χ0) is 98.9. The predicted octanol–water partition coefficient (Wildman–Crippen LogP) is 74.2. The van der Waals surface area contributed by atoms with E-state index in [1.165, 1.54) is 0 Å². The second-order valence-corrected chi connectivity index (χ2v) is 538. The Labute approximate surface area is 980 Å². The Morgan fingerprint density at radius 3 is 0.208 bits per heavy atom. The summed E-state index contributed by atoms with van der Waals surface area (Å²) in [6.45, 7) is -35.8. The van der Waals surface area contributed by atoms with E-state index >= 15 is 0 Å². The van der Waals surface area contributed by atoms with E-state index in [0.717, 1.165) is 7.96 Å². The average molecular weight is 4000 g/mol. The molecule has 67 atom stereocenters. The smallest absolute Gasteiger partial charge is 0.000000163 e. The maximum atomic E-state index is 5.22. The van der Waals surface area contributed by atoms with E-state index < -0.39 is 426 Å². The van der Waals surface area contributed by atoms with Gasteiger partial charge in [-0.2, -0.15) is 0 Å². The topological polar surface area (TPSA) is 0 Å². The van der Waals surface area contributed by atoms with Crippen LogP contribution in [-0.2, 0) is 0 Å². The lowest BCUT2D eigenvalue weighted by Crippen LogP contribution is -1.78. The molecule has 0 amide bonds. The van der Waals surface area contributed by atoms with Gasteiger partial charge in [-0.15, -0.1) is 545 Å². The first kappa shape index (κ1) is 179. The van der Waals surface area contributed by atoms with Crippen molar-refractivity contribution in [1.29, 1.82) is 0 Å². The molecule has 0 rings (SSSR count). The molecule has 0 aromatic heterocycles. The van der Waals surface area contributed by atoms with Gasteiger partial charge in [0, 0.05) is 0 Å². The lowest BCUT2D eigenvalue weighted by Gasteiger charge is -2.65. The molecule has 0 saturated heterocycles. The molecule has 0 heterocycles. The molecular weight excluding hydrogens is 3870 g/mol. The molecule has 0 aromatic carbocycles. The molecule has 0 fully saturated rings. The van der Waals surface area contributed by atoms with E-state index in [1.54, 1.807) is 0 Å². The van der Waals surface area contributed by atoms with E-state index in [0.29, 0.717) is 0 Å². The molecule has 0 nitrogen and oxygen atoms in total. The lowest BCUT2D eigenvalue weighted by atomic mass is 28.3.